The van der Waals surface area contributed by atoms with E-state index < -0.39 is 0 Å². The predicted octanol–water partition coefficient (Wildman–Crippen LogP) is 3.52. The lowest BCUT2D eigenvalue weighted by Gasteiger charge is -2.32. The lowest BCUT2D eigenvalue weighted by molar-refractivity contribution is 0.00578. The van der Waals surface area contributed by atoms with Crippen LogP contribution in [0.1, 0.15) is 52.0 Å². The molecular formula is C15H20BClO2. The van der Waals surface area contributed by atoms with E-state index in [1.807, 2.05) is 12.1 Å². The summed E-state index contributed by atoms with van der Waals surface area (Å²) in [5.41, 5.74) is 1.69. The monoisotopic (exact) mass is 278 g/mol. The standard InChI is InChI=1S/C15H20BClO2/c1-14(2)15(3,4)19-16(18-14)13-11(10-8-9-10)6-5-7-12(13)17/h5-7,10H,8-9H2,1-4H3. The smallest absolute Gasteiger partial charge is 0.399 e. The van der Waals surface area contributed by atoms with Crippen LogP contribution < -0.4 is 5.46 Å². The maximum atomic E-state index is 6.41. The van der Waals surface area contributed by atoms with E-state index in [1.165, 1.54) is 18.4 Å². The Morgan fingerprint density at radius 3 is 2.21 bits per heavy atom. The van der Waals surface area contributed by atoms with E-state index in [2.05, 4.69) is 33.8 Å². The molecule has 0 aromatic heterocycles. The molecule has 2 aliphatic rings. The molecular weight excluding hydrogens is 258 g/mol. The molecule has 4 heteroatoms. The Balaban J connectivity index is 2.00. The molecule has 1 aromatic carbocycles. The van der Waals surface area contributed by atoms with Crippen LogP contribution in [-0.4, -0.2) is 18.3 Å². The summed E-state index contributed by atoms with van der Waals surface area (Å²) in [6, 6.07) is 6.10. The largest absolute Gasteiger partial charge is 0.496 e. The highest BCUT2D eigenvalue weighted by atomic mass is 35.5. The van der Waals surface area contributed by atoms with Crippen LogP contribution >= 0.6 is 11.6 Å². The van der Waals surface area contributed by atoms with Gasteiger partial charge >= 0.3 is 7.12 Å². The zero-order valence-corrected chi connectivity index (χ0v) is 12.8. The van der Waals surface area contributed by atoms with Gasteiger partial charge in [0.1, 0.15) is 0 Å². The van der Waals surface area contributed by atoms with E-state index in [0.717, 1.165) is 10.5 Å². The molecule has 0 N–H and O–H groups in total. The first-order chi connectivity index (χ1) is 8.82. The SMILES string of the molecule is CC1(C)OB(c2c(Cl)cccc2C2CC2)OC1(C)C. The summed E-state index contributed by atoms with van der Waals surface area (Å²) in [6.07, 6.45) is 2.49. The molecule has 2 nitrogen and oxygen atoms in total. The van der Waals surface area contributed by atoms with Crippen LogP contribution in [-0.2, 0) is 9.31 Å². The predicted molar refractivity (Wildman–Crippen MR) is 79.1 cm³/mol. The molecule has 1 heterocycles. The summed E-state index contributed by atoms with van der Waals surface area (Å²) in [5.74, 6) is 0.632. The molecule has 19 heavy (non-hydrogen) atoms. The fraction of sp³-hybridized carbons (Fsp3) is 0.600. The van der Waals surface area contributed by atoms with Crippen LogP contribution in [0, 0.1) is 0 Å². The minimum atomic E-state index is -0.353. The van der Waals surface area contributed by atoms with Gasteiger partial charge in [-0.05, 0) is 58.1 Å². The van der Waals surface area contributed by atoms with E-state index in [1.54, 1.807) is 0 Å². The van der Waals surface area contributed by atoms with Gasteiger partial charge in [0.25, 0.3) is 0 Å². The topological polar surface area (TPSA) is 18.5 Å². The van der Waals surface area contributed by atoms with E-state index in [-0.39, 0.29) is 18.3 Å². The minimum Gasteiger partial charge on any atom is -0.399 e. The minimum absolute atomic E-state index is 0.322. The van der Waals surface area contributed by atoms with Gasteiger partial charge in [0, 0.05) is 10.5 Å². The molecule has 0 radical (unpaired) electrons. The Morgan fingerprint density at radius 1 is 1.11 bits per heavy atom. The van der Waals surface area contributed by atoms with Crippen LogP contribution in [0.25, 0.3) is 0 Å². The molecule has 0 spiro atoms. The van der Waals surface area contributed by atoms with Gasteiger partial charge in [-0.25, -0.2) is 0 Å². The average molecular weight is 279 g/mol. The molecule has 102 valence electrons. The van der Waals surface area contributed by atoms with Crippen molar-refractivity contribution in [2.45, 2.75) is 57.7 Å². The molecule has 1 aliphatic carbocycles. The lowest BCUT2D eigenvalue weighted by atomic mass is 9.74. The first kappa shape index (κ1) is 13.5. The van der Waals surface area contributed by atoms with Crippen molar-refractivity contribution in [3.8, 4) is 0 Å². The van der Waals surface area contributed by atoms with Gasteiger partial charge < -0.3 is 9.31 Å². The number of hydrogen-bond acceptors (Lipinski definition) is 2. The summed E-state index contributed by atoms with van der Waals surface area (Å²) in [5, 5.41) is 0.753. The maximum absolute atomic E-state index is 6.41. The van der Waals surface area contributed by atoms with Gasteiger partial charge in [-0.15, -0.1) is 0 Å². The lowest BCUT2D eigenvalue weighted by Crippen LogP contribution is -2.41. The fourth-order valence-corrected chi connectivity index (χ4v) is 2.78. The van der Waals surface area contributed by atoms with Crippen LogP contribution in [0.5, 0.6) is 0 Å². The van der Waals surface area contributed by atoms with Crippen molar-refractivity contribution in [1.82, 2.24) is 0 Å². The Bertz CT molecular complexity index is 493. The zero-order valence-electron chi connectivity index (χ0n) is 12.0. The average Bonchev–Trinajstić information content (AvgIpc) is 3.07. The van der Waals surface area contributed by atoms with Gasteiger partial charge in [0.15, 0.2) is 0 Å². The van der Waals surface area contributed by atoms with Gasteiger partial charge in [-0.2, -0.15) is 0 Å². The first-order valence-electron chi connectivity index (χ1n) is 6.96. The summed E-state index contributed by atoms with van der Waals surface area (Å²) in [4.78, 5) is 0. The highest BCUT2D eigenvalue weighted by Gasteiger charge is 2.53. The van der Waals surface area contributed by atoms with Crippen molar-refractivity contribution >= 4 is 24.2 Å². The van der Waals surface area contributed by atoms with Crippen LogP contribution in [0.15, 0.2) is 18.2 Å². The summed E-state index contributed by atoms with van der Waals surface area (Å²) in [6.45, 7) is 8.28. The molecule has 0 bridgehead atoms. The van der Waals surface area contributed by atoms with Gasteiger partial charge in [0.2, 0.25) is 0 Å². The molecule has 0 amide bonds. The zero-order chi connectivity index (χ0) is 13.8. The number of benzene rings is 1. The molecule has 2 fully saturated rings. The second-order valence-electron chi connectivity index (χ2n) is 6.61. The molecule has 0 atom stereocenters. The molecule has 1 saturated carbocycles. The van der Waals surface area contributed by atoms with E-state index in [9.17, 15) is 0 Å². The van der Waals surface area contributed by atoms with Crippen molar-refractivity contribution in [2.24, 2.45) is 0 Å². The molecule has 0 unspecified atom stereocenters. The second-order valence-corrected chi connectivity index (χ2v) is 7.01. The molecule has 1 aliphatic heterocycles. The Labute approximate surface area is 120 Å². The third kappa shape index (κ3) is 2.22. The van der Waals surface area contributed by atoms with Crippen LogP contribution in [0.2, 0.25) is 5.02 Å². The van der Waals surface area contributed by atoms with Gasteiger partial charge in [-0.1, -0.05) is 23.7 Å². The van der Waals surface area contributed by atoms with Gasteiger partial charge in [-0.3, -0.25) is 0 Å². The van der Waals surface area contributed by atoms with Crippen molar-refractivity contribution in [3.63, 3.8) is 0 Å². The van der Waals surface area contributed by atoms with Crippen molar-refractivity contribution < 1.29 is 9.31 Å². The Kier molecular flexibility index (Phi) is 3.01. The van der Waals surface area contributed by atoms with E-state index >= 15 is 0 Å². The first-order valence-corrected chi connectivity index (χ1v) is 7.33. The third-order valence-corrected chi connectivity index (χ3v) is 4.92. The van der Waals surface area contributed by atoms with Crippen LogP contribution in [0.3, 0.4) is 0 Å². The Morgan fingerprint density at radius 2 is 1.68 bits per heavy atom. The van der Waals surface area contributed by atoms with E-state index in [4.69, 9.17) is 20.9 Å². The van der Waals surface area contributed by atoms with Crippen LogP contribution in [0.4, 0.5) is 0 Å². The molecule has 1 saturated heterocycles. The van der Waals surface area contributed by atoms with Crippen molar-refractivity contribution in [1.29, 1.82) is 0 Å². The number of halogens is 1. The van der Waals surface area contributed by atoms with E-state index in [0.29, 0.717) is 5.92 Å². The third-order valence-electron chi connectivity index (χ3n) is 4.59. The molecule has 1 aromatic rings. The summed E-state index contributed by atoms with van der Waals surface area (Å²) >= 11 is 6.41. The fourth-order valence-electron chi connectivity index (χ4n) is 2.51. The number of hydrogen-bond donors (Lipinski definition) is 0. The highest BCUT2D eigenvalue weighted by molar-refractivity contribution is 6.66. The second kappa shape index (κ2) is 4.24. The Hall–Kier alpha value is -0.505. The summed E-state index contributed by atoms with van der Waals surface area (Å²) in [7, 11) is -0.353. The molecule has 3 rings (SSSR count). The maximum Gasteiger partial charge on any atom is 0.496 e. The highest BCUT2D eigenvalue weighted by Crippen LogP contribution is 2.42. The van der Waals surface area contributed by atoms with Crippen molar-refractivity contribution in [3.05, 3.63) is 28.8 Å². The normalized spacial score (nSPS) is 24.8. The number of rotatable bonds is 2. The quantitative estimate of drug-likeness (QED) is 0.771. The summed E-state index contributed by atoms with van der Waals surface area (Å²) < 4.78 is 12.3. The van der Waals surface area contributed by atoms with Crippen molar-refractivity contribution in [2.75, 3.05) is 0 Å². The van der Waals surface area contributed by atoms with Gasteiger partial charge in [0.05, 0.1) is 11.2 Å².